The quantitative estimate of drug-likeness (QED) is 0.908. The van der Waals surface area contributed by atoms with Crippen molar-refractivity contribution < 1.29 is 18.9 Å². The monoisotopic (exact) mass is 280 g/mol. The second-order valence-corrected chi connectivity index (χ2v) is 4.01. The summed E-state index contributed by atoms with van der Waals surface area (Å²) in [5.41, 5.74) is 0.0341. The molecule has 0 unspecified atom stereocenters. The Morgan fingerprint density at radius 1 is 0.850 bits per heavy atom. The molecule has 1 heterocycles. The van der Waals surface area contributed by atoms with Gasteiger partial charge in [0.25, 0.3) is 5.56 Å². The van der Waals surface area contributed by atoms with E-state index in [1.807, 2.05) is 0 Å². The van der Waals surface area contributed by atoms with Gasteiger partial charge in [0, 0.05) is 0 Å². The number of H-pyrrole nitrogens is 1. The lowest BCUT2D eigenvalue weighted by Gasteiger charge is -2.17. The zero-order valence-corrected chi connectivity index (χ0v) is 12.0. The molecular weight excluding hydrogens is 264 g/mol. The van der Waals surface area contributed by atoms with Gasteiger partial charge in [0.15, 0.2) is 11.5 Å². The van der Waals surface area contributed by atoms with E-state index in [-0.39, 0.29) is 22.4 Å². The van der Waals surface area contributed by atoms with Crippen LogP contribution in [0.2, 0.25) is 0 Å². The van der Waals surface area contributed by atoms with Gasteiger partial charge >= 0.3 is 0 Å². The molecule has 0 fully saturated rings. The molecule has 0 bridgehead atoms. The molecule has 0 saturated carbocycles. The molecule has 0 spiro atoms. The van der Waals surface area contributed by atoms with Gasteiger partial charge in [-0.3, -0.25) is 4.79 Å². The zero-order chi connectivity index (χ0) is 14.9. The number of aromatic nitrogens is 2. The Kier molecular flexibility index (Phi) is 3.69. The van der Waals surface area contributed by atoms with Crippen molar-refractivity contribution in [2.24, 2.45) is 0 Å². The molecule has 0 aliphatic rings. The van der Waals surface area contributed by atoms with Crippen molar-refractivity contribution in [3.05, 3.63) is 16.2 Å². The van der Waals surface area contributed by atoms with Crippen LogP contribution in [0, 0.1) is 6.92 Å². The Morgan fingerprint density at radius 2 is 1.35 bits per heavy atom. The number of rotatable bonds is 4. The fourth-order valence-electron chi connectivity index (χ4n) is 2.14. The van der Waals surface area contributed by atoms with Crippen LogP contribution in [0.1, 0.15) is 5.82 Å². The Morgan fingerprint density at radius 3 is 1.85 bits per heavy atom. The van der Waals surface area contributed by atoms with Crippen LogP contribution in [0.15, 0.2) is 4.79 Å². The van der Waals surface area contributed by atoms with E-state index in [4.69, 9.17) is 18.9 Å². The van der Waals surface area contributed by atoms with E-state index in [1.54, 1.807) is 6.92 Å². The number of hydrogen-bond acceptors (Lipinski definition) is 6. The normalized spacial score (nSPS) is 10.4. The first-order valence-electron chi connectivity index (χ1n) is 5.85. The summed E-state index contributed by atoms with van der Waals surface area (Å²) in [7, 11) is 5.86. The largest absolute Gasteiger partial charge is 0.492 e. The highest BCUT2D eigenvalue weighted by molar-refractivity contribution is 5.95. The van der Waals surface area contributed by atoms with E-state index in [0.717, 1.165) is 0 Å². The number of nitrogens with zero attached hydrogens (tertiary/aromatic N) is 1. The van der Waals surface area contributed by atoms with E-state index in [1.165, 1.54) is 28.4 Å². The third kappa shape index (κ3) is 1.91. The van der Waals surface area contributed by atoms with Gasteiger partial charge in [-0.2, -0.15) is 0 Å². The van der Waals surface area contributed by atoms with Crippen LogP contribution in [-0.2, 0) is 0 Å². The molecule has 1 aromatic heterocycles. The van der Waals surface area contributed by atoms with Crippen molar-refractivity contribution in [2.75, 3.05) is 28.4 Å². The predicted octanol–water partition coefficient (Wildman–Crippen LogP) is 1.27. The Bertz CT molecular complexity index is 708. The fourth-order valence-corrected chi connectivity index (χ4v) is 2.14. The van der Waals surface area contributed by atoms with Crippen molar-refractivity contribution in [1.29, 1.82) is 0 Å². The maximum Gasteiger partial charge on any atom is 0.262 e. The highest BCUT2D eigenvalue weighted by Gasteiger charge is 2.25. The van der Waals surface area contributed by atoms with Crippen molar-refractivity contribution in [3.8, 4) is 23.0 Å². The maximum absolute atomic E-state index is 12.2. The van der Waals surface area contributed by atoms with Gasteiger partial charge in [-0.05, 0) is 6.92 Å². The first kappa shape index (κ1) is 14.0. The fraction of sp³-hybridized carbons (Fsp3) is 0.385. The van der Waals surface area contributed by atoms with Crippen molar-refractivity contribution in [3.63, 3.8) is 0 Å². The third-order valence-electron chi connectivity index (χ3n) is 2.92. The molecule has 0 amide bonds. The lowest BCUT2D eigenvalue weighted by Crippen LogP contribution is -2.13. The molecule has 2 aromatic rings. The van der Waals surface area contributed by atoms with Crippen LogP contribution in [-0.4, -0.2) is 38.4 Å². The summed E-state index contributed by atoms with van der Waals surface area (Å²) in [6.07, 6.45) is 0. The number of hydrogen-bond donors (Lipinski definition) is 1. The SMILES string of the molecule is COc1c(OC)c(OC)c2c(=O)[nH]c(C)nc2c1OC. The maximum atomic E-state index is 12.2. The van der Waals surface area contributed by atoms with Crippen molar-refractivity contribution in [1.82, 2.24) is 9.97 Å². The standard InChI is InChI=1S/C13H16N2O5/c1-6-14-8-7(13(16)15-6)9(17-2)11(19-4)12(20-5)10(8)18-3/h1-5H3,(H,14,15,16). The number of aryl methyl sites for hydroxylation is 1. The highest BCUT2D eigenvalue weighted by atomic mass is 16.5. The summed E-state index contributed by atoms with van der Waals surface area (Å²) >= 11 is 0. The van der Waals surface area contributed by atoms with Gasteiger partial charge in [0.2, 0.25) is 11.5 Å². The van der Waals surface area contributed by atoms with Crippen molar-refractivity contribution in [2.45, 2.75) is 6.92 Å². The predicted molar refractivity (Wildman–Crippen MR) is 73.3 cm³/mol. The number of methoxy groups -OCH3 is 4. The molecule has 7 nitrogen and oxygen atoms in total. The molecular formula is C13H16N2O5. The molecule has 0 aliphatic heterocycles. The molecule has 2 rings (SSSR count). The second-order valence-electron chi connectivity index (χ2n) is 4.01. The van der Waals surface area contributed by atoms with E-state index < -0.39 is 0 Å². The van der Waals surface area contributed by atoms with Crippen LogP contribution in [0.4, 0.5) is 0 Å². The highest BCUT2D eigenvalue weighted by Crippen LogP contribution is 2.48. The van der Waals surface area contributed by atoms with Gasteiger partial charge in [-0.15, -0.1) is 0 Å². The smallest absolute Gasteiger partial charge is 0.262 e. The summed E-state index contributed by atoms with van der Waals surface area (Å²) in [5.74, 6) is 1.67. The van der Waals surface area contributed by atoms with Gasteiger partial charge < -0.3 is 23.9 Å². The van der Waals surface area contributed by atoms with E-state index in [2.05, 4.69) is 9.97 Å². The van der Waals surface area contributed by atoms with Gasteiger partial charge in [0.05, 0.1) is 28.4 Å². The Labute approximate surface area is 115 Å². The minimum Gasteiger partial charge on any atom is -0.492 e. The molecule has 20 heavy (non-hydrogen) atoms. The van der Waals surface area contributed by atoms with Gasteiger partial charge in [-0.1, -0.05) is 0 Å². The molecule has 1 N–H and O–H groups in total. The van der Waals surface area contributed by atoms with Gasteiger partial charge in [-0.25, -0.2) is 4.98 Å². The van der Waals surface area contributed by atoms with E-state index >= 15 is 0 Å². The Hall–Kier alpha value is -2.44. The van der Waals surface area contributed by atoms with Crippen LogP contribution < -0.4 is 24.5 Å². The third-order valence-corrected chi connectivity index (χ3v) is 2.92. The molecule has 108 valence electrons. The molecule has 0 radical (unpaired) electrons. The summed E-state index contributed by atoms with van der Waals surface area (Å²) in [5, 5.41) is 0.257. The Balaban J connectivity index is 3.10. The first-order valence-corrected chi connectivity index (χ1v) is 5.85. The molecule has 0 atom stereocenters. The number of fused-ring (bicyclic) bond motifs is 1. The number of aromatic amines is 1. The minimum absolute atomic E-state index is 0.257. The summed E-state index contributed by atoms with van der Waals surface area (Å²) in [4.78, 5) is 19.1. The van der Waals surface area contributed by atoms with E-state index in [9.17, 15) is 4.79 Å². The van der Waals surface area contributed by atoms with Crippen molar-refractivity contribution >= 4 is 10.9 Å². The molecule has 7 heteroatoms. The zero-order valence-electron chi connectivity index (χ0n) is 12.0. The summed E-state index contributed by atoms with van der Waals surface area (Å²) < 4.78 is 21.2. The first-order chi connectivity index (χ1) is 9.58. The second kappa shape index (κ2) is 5.28. The van der Waals surface area contributed by atoms with E-state index in [0.29, 0.717) is 22.8 Å². The number of ether oxygens (including phenoxy) is 4. The number of nitrogens with one attached hydrogen (secondary N) is 1. The van der Waals surface area contributed by atoms with Crippen LogP contribution in [0.5, 0.6) is 23.0 Å². The van der Waals surface area contributed by atoms with Gasteiger partial charge in [0.1, 0.15) is 16.7 Å². The molecule has 1 aromatic carbocycles. The summed E-state index contributed by atoms with van der Waals surface area (Å²) in [6, 6.07) is 0. The minimum atomic E-state index is -0.330. The average Bonchev–Trinajstić information content (AvgIpc) is 2.44. The lowest BCUT2D eigenvalue weighted by molar-refractivity contribution is 0.309. The molecule has 0 aliphatic carbocycles. The summed E-state index contributed by atoms with van der Waals surface area (Å²) in [6.45, 7) is 1.68. The van der Waals surface area contributed by atoms with Crippen LogP contribution >= 0.6 is 0 Å². The van der Waals surface area contributed by atoms with Crippen LogP contribution in [0.3, 0.4) is 0 Å². The number of benzene rings is 1. The van der Waals surface area contributed by atoms with Crippen LogP contribution in [0.25, 0.3) is 10.9 Å². The molecule has 0 saturated heterocycles. The average molecular weight is 280 g/mol. The topological polar surface area (TPSA) is 82.7 Å². The lowest BCUT2D eigenvalue weighted by atomic mass is 10.1.